The monoisotopic (exact) mass is 207 g/mol. The molecule has 0 fully saturated rings. The van der Waals surface area contributed by atoms with Crippen LogP contribution in [0.4, 0.5) is 0 Å². The molecule has 1 heterocycles. The summed E-state index contributed by atoms with van der Waals surface area (Å²) in [6.07, 6.45) is 2.62. The molecular formula is C11H13NOS. The van der Waals surface area contributed by atoms with E-state index in [-0.39, 0.29) is 6.04 Å². The molecule has 2 aromatic rings. The van der Waals surface area contributed by atoms with Crippen molar-refractivity contribution in [2.45, 2.75) is 12.5 Å². The third-order valence-electron chi connectivity index (χ3n) is 2.35. The van der Waals surface area contributed by atoms with Crippen LogP contribution in [0.1, 0.15) is 18.0 Å². The molecule has 1 unspecified atom stereocenters. The Hall–Kier alpha value is -0.930. The fourth-order valence-electron chi connectivity index (χ4n) is 1.58. The van der Waals surface area contributed by atoms with Crippen molar-refractivity contribution >= 4 is 23.6 Å². The van der Waals surface area contributed by atoms with Gasteiger partial charge in [0.1, 0.15) is 5.58 Å². The van der Waals surface area contributed by atoms with Gasteiger partial charge < -0.3 is 10.2 Å². The van der Waals surface area contributed by atoms with Gasteiger partial charge in [0.25, 0.3) is 0 Å². The lowest BCUT2D eigenvalue weighted by Crippen LogP contribution is -2.09. The summed E-state index contributed by atoms with van der Waals surface area (Å²) in [6.45, 7) is 0. The first-order valence-corrected chi connectivity index (χ1v) is 5.28. The molecule has 1 aromatic carbocycles. The highest BCUT2D eigenvalue weighted by Gasteiger charge is 2.11. The Labute approximate surface area is 88.5 Å². The number of hydrogen-bond acceptors (Lipinski definition) is 3. The summed E-state index contributed by atoms with van der Waals surface area (Å²) in [6, 6.07) is 7.96. The van der Waals surface area contributed by atoms with Gasteiger partial charge in [-0.1, -0.05) is 18.2 Å². The predicted octanol–water partition coefficient (Wildman–Crippen LogP) is 2.75. The van der Waals surface area contributed by atoms with E-state index >= 15 is 0 Å². The van der Waals surface area contributed by atoms with Crippen molar-refractivity contribution in [1.82, 2.24) is 0 Å². The normalized spacial score (nSPS) is 13.3. The summed E-state index contributed by atoms with van der Waals surface area (Å²) in [5, 5.41) is 1.11. The van der Waals surface area contributed by atoms with Gasteiger partial charge in [0, 0.05) is 17.0 Å². The van der Waals surface area contributed by atoms with Crippen LogP contribution in [0.15, 0.2) is 34.9 Å². The molecule has 0 saturated carbocycles. The van der Waals surface area contributed by atoms with Crippen LogP contribution in [0, 0.1) is 0 Å². The maximum absolute atomic E-state index is 6.01. The Morgan fingerprint density at radius 3 is 2.93 bits per heavy atom. The summed E-state index contributed by atoms with van der Waals surface area (Å²) < 4.78 is 5.41. The standard InChI is InChI=1S/C11H13NOS/c12-10(5-6-14)9-7-13-11-4-2-1-3-8(9)11/h1-4,7,10,14H,5-6,12H2. The number of nitrogens with two attached hydrogens (primary N) is 1. The molecule has 74 valence electrons. The Morgan fingerprint density at radius 2 is 2.14 bits per heavy atom. The lowest BCUT2D eigenvalue weighted by molar-refractivity contribution is 0.597. The van der Waals surface area contributed by atoms with Crippen molar-refractivity contribution in [3.8, 4) is 0 Å². The number of benzene rings is 1. The van der Waals surface area contributed by atoms with E-state index in [0.717, 1.165) is 28.7 Å². The second-order valence-corrected chi connectivity index (χ2v) is 3.75. The Bertz CT molecular complexity index is 424. The number of thiol groups is 1. The Morgan fingerprint density at radius 1 is 1.36 bits per heavy atom. The maximum atomic E-state index is 6.01. The van der Waals surface area contributed by atoms with E-state index in [1.165, 1.54) is 0 Å². The summed E-state index contributed by atoms with van der Waals surface area (Å²) in [4.78, 5) is 0. The molecule has 2 nitrogen and oxygen atoms in total. The Kier molecular flexibility index (Phi) is 2.79. The van der Waals surface area contributed by atoms with Gasteiger partial charge in [-0.2, -0.15) is 12.6 Å². The zero-order chi connectivity index (χ0) is 9.97. The minimum Gasteiger partial charge on any atom is -0.464 e. The van der Waals surface area contributed by atoms with Gasteiger partial charge in [-0.3, -0.25) is 0 Å². The van der Waals surface area contributed by atoms with Crippen LogP contribution < -0.4 is 5.73 Å². The fraction of sp³-hybridized carbons (Fsp3) is 0.273. The highest BCUT2D eigenvalue weighted by molar-refractivity contribution is 7.80. The molecule has 0 bridgehead atoms. The van der Waals surface area contributed by atoms with Crippen LogP contribution in [-0.4, -0.2) is 5.75 Å². The summed E-state index contributed by atoms with van der Waals surface area (Å²) in [5.74, 6) is 0.792. The van der Waals surface area contributed by atoms with Gasteiger partial charge in [-0.15, -0.1) is 0 Å². The number of furan rings is 1. The van der Waals surface area contributed by atoms with Crippen LogP contribution in [0.3, 0.4) is 0 Å². The third kappa shape index (κ3) is 1.65. The van der Waals surface area contributed by atoms with E-state index in [9.17, 15) is 0 Å². The first-order valence-electron chi connectivity index (χ1n) is 4.65. The SMILES string of the molecule is NC(CCS)c1coc2ccccc12. The van der Waals surface area contributed by atoms with Gasteiger partial charge >= 0.3 is 0 Å². The average molecular weight is 207 g/mol. The van der Waals surface area contributed by atoms with E-state index in [1.54, 1.807) is 6.26 Å². The average Bonchev–Trinajstić information content (AvgIpc) is 2.61. The smallest absolute Gasteiger partial charge is 0.134 e. The molecule has 0 aliphatic rings. The minimum atomic E-state index is 0.0242. The number of fused-ring (bicyclic) bond motifs is 1. The lowest BCUT2D eigenvalue weighted by atomic mass is 10.0. The van der Waals surface area contributed by atoms with Crippen LogP contribution in [0.25, 0.3) is 11.0 Å². The van der Waals surface area contributed by atoms with Crippen molar-refractivity contribution in [2.75, 3.05) is 5.75 Å². The molecule has 0 amide bonds. The molecule has 0 radical (unpaired) electrons. The molecule has 1 aromatic heterocycles. The van der Waals surface area contributed by atoms with Crippen LogP contribution in [0.2, 0.25) is 0 Å². The highest BCUT2D eigenvalue weighted by Crippen LogP contribution is 2.26. The van der Waals surface area contributed by atoms with Crippen LogP contribution in [0.5, 0.6) is 0 Å². The third-order valence-corrected chi connectivity index (χ3v) is 2.61. The molecule has 0 aliphatic heterocycles. The molecule has 0 saturated heterocycles. The van der Waals surface area contributed by atoms with Gasteiger partial charge in [-0.25, -0.2) is 0 Å². The van der Waals surface area contributed by atoms with Crippen molar-refractivity contribution in [1.29, 1.82) is 0 Å². The van der Waals surface area contributed by atoms with E-state index in [0.29, 0.717) is 0 Å². The lowest BCUT2D eigenvalue weighted by Gasteiger charge is -2.06. The molecular weight excluding hydrogens is 194 g/mol. The Balaban J connectivity index is 2.42. The first kappa shape index (κ1) is 9.62. The van der Waals surface area contributed by atoms with E-state index in [4.69, 9.17) is 10.2 Å². The summed E-state index contributed by atoms with van der Waals surface area (Å²) >= 11 is 4.17. The number of hydrogen-bond donors (Lipinski definition) is 2. The summed E-state index contributed by atoms with van der Waals surface area (Å²) in [7, 11) is 0. The van der Waals surface area contributed by atoms with Crippen LogP contribution >= 0.6 is 12.6 Å². The van der Waals surface area contributed by atoms with Gasteiger partial charge in [0.15, 0.2) is 0 Å². The highest BCUT2D eigenvalue weighted by atomic mass is 32.1. The molecule has 14 heavy (non-hydrogen) atoms. The zero-order valence-corrected chi connectivity index (χ0v) is 8.71. The molecule has 1 atom stereocenters. The quantitative estimate of drug-likeness (QED) is 0.760. The van der Waals surface area contributed by atoms with Crippen molar-refractivity contribution in [3.05, 3.63) is 36.1 Å². The first-order chi connectivity index (χ1) is 6.83. The fourth-order valence-corrected chi connectivity index (χ4v) is 1.86. The van der Waals surface area contributed by atoms with E-state index in [1.807, 2.05) is 24.3 Å². The van der Waals surface area contributed by atoms with Crippen molar-refractivity contribution in [3.63, 3.8) is 0 Å². The number of rotatable bonds is 3. The minimum absolute atomic E-state index is 0.0242. The van der Waals surface area contributed by atoms with E-state index in [2.05, 4.69) is 12.6 Å². The number of para-hydroxylation sites is 1. The van der Waals surface area contributed by atoms with Crippen molar-refractivity contribution < 1.29 is 4.42 Å². The van der Waals surface area contributed by atoms with E-state index < -0.39 is 0 Å². The zero-order valence-electron chi connectivity index (χ0n) is 7.81. The second-order valence-electron chi connectivity index (χ2n) is 3.31. The largest absolute Gasteiger partial charge is 0.464 e. The molecule has 3 heteroatoms. The maximum Gasteiger partial charge on any atom is 0.134 e. The molecule has 2 rings (SSSR count). The van der Waals surface area contributed by atoms with Crippen LogP contribution in [-0.2, 0) is 0 Å². The van der Waals surface area contributed by atoms with Crippen molar-refractivity contribution in [2.24, 2.45) is 5.73 Å². The van der Waals surface area contributed by atoms with Gasteiger partial charge in [-0.05, 0) is 18.2 Å². The molecule has 0 aliphatic carbocycles. The molecule has 2 N–H and O–H groups in total. The second kappa shape index (κ2) is 4.07. The molecule has 0 spiro atoms. The van der Waals surface area contributed by atoms with Gasteiger partial charge in [0.2, 0.25) is 0 Å². The summed E-state index contributed by atoms with van der Waals surface area (Å²) in [5.41, 5.74) is 7.99. The van der Waals surface area contributed by atoms with Gasteiger partial charge in [0.05, 0.1) is 6.26 Å². The predicted molar refractivity (Wildman–Crippen MR) is 61.6 cm³/mol. The topological polar surface area (TPSA) is 39.2 Å².